The monoisotopic (exact) mass is 408 g/mol. The van der Waals surface area contributed by atoms with Gasteiger partial charge >= 0.3 is 0 Å². The Morgan fingerprint density at radius 3 is 1.16 bits per heavy atom. The molecule has 0 nitrogen and oxygen atoms in total. The molecule has 0 N–H and O–H groups in total. The molecule has 6 rings (SSSR count). The third-order valence-corrected chi connectivity index (χ3v) is 6.54. The van der Waals surface area contributed by atoms with Gasteiger partial charge < -0.3 is 0 Å². The Bertz CT molecular complexity index is 1510. The van der Waals surface area contributed by atoms with Crippen molar-refractivity contribution in [3.63, 3.8) is 0 Å². The van der Waals surface area contributed by atoms with Gasteiger partial charge in [-0.2, -0.15) is 0 Å². The summed E-state index contributed by atoms with van der Waals surface area (Å²) in [5.41, 5.74) is 7.63. The summed E-state index contributed by atoms with van der Waals surface area (Å²) in [5, 5.41) is 7.87. The van der Waals surface area contributed by atoms with Crippen LogP contribution in [0.5, 0.6) is 0 Å². The lowest BCUT2D eigenvalue weighted by Crippen LogP contribution is -1.87. The van der Waals surface area contributed by atoms with Crippen molar-refractivity contribution < 1.29 is 0 Å². The highest BCUT2D eigenvalue weighted by Crippen LogP contribution is 2.39. The van der Waals surface area contributed by atoms with E-state index in [-0.39, 0.29) is 0 Å². The van der Waals surface area contributed by atoms with Crippen LogP contribution in [0.2, 0.25) is 0 Å². The van der Waals surface area contributed by atoms with E-state index >= 15 is 0 Å². The molecule has 0 spiro atoms. The van der Waals surface area contributed by atoms with Crippen molar-refractivity contribution in [2.45, 2.75) is 13.8 Å². The zero-order valence-corrected chi connectivity index (χ0v) is 18.4. The minimum absolute atomic E-state index is 1.26. The molecule has 0 heterocycles. The van der Waals surface area contributed by atoms with Crippen LogP contribution in [-0.2, 0) is 0 Å². The molecule has 0 aliphatic rings. The van der Waals surface area contributed by atoms with Gasteiger partial charge in [-0.15, -0.1) is 0 Å². The van der Waals surface area contributed by atoms with Gasteiger partial charge in [0.2, 0.25) is 0 Å². The van der Waals surface area contributed by atoms with E-state index in [1.54, 1.807) is 0 Å². The topological polar surface area (TPSA) is 0 Å². The molecule has 0 saturated carbocycles. The van der Waals surface area contributed by atoms with Crippen LogP contribution >= 0.6 is 0 Å². The maximum Gasteiger partial charge on any atom is -0.00926 e. The predicted octanol–water partition coefficient (Wildman–Crippen LogP) is 9.10. The van der Waals surface area contributed by atoms with Crippen LogP contribution in [0, 0.1) is 13.8 Å². The zero-order valence-electron chi connectivity index (χ0n) is 18.4. The number of rotatable bonds is 2. The van der Waals surface area contributed by atoms with Crippen LogP contribution in [-0.4, -0.2) is 0 Å². The molecule has 0 fully saturated rings. The highest BCUT2D eigenvalue weighted by atomic mass is 14.1. The van der Waals surface area contributed by atoms with E-state index < -0.39 is 0 Å². The molecule has 0 bridgehead atoms. The van der Waals surface area contributed by atoms with Crippen LogP contribution in [0.3, 0.4) is 0 Å². The Hall–Kier alpha value is -3.90. The summed E-state index contributed by atoms with van der Waals surface area (Å²) in [5.74, 6) is 0. The molecule has 0 aliphatic heterocycles. The lowest BCUT2D eigenvalue weighted by Gasteiger charge is -2.14. The molecule has 6 aromatic rings. The van der Waals surface area contributed by atoms with Crippen LogP contribution in [0.15, 0.2) is 109 Å². The molecule has 0 aromatic heterocycles. The first-order chi connectivity index (χ1) is 15.7. The number of hydrogen-bond acceptors (Lipinski definition) is 0. The van der Waals surface area contributed by atoms with E-state index in [1.165, 1.54) is 65.7 Å². The molecule has 0 atom stereocenters. The molecular formula is C32H24. The van der Waals surface area contributed by atoms with Crippen LogP contribution in [0.1, 0.15) is 11.1 Å². The maximum atomic E-state index is 2.37. The maximum absolute atomic E-state index is 2.37. The summed E-state index contributed by atoms with van der Waals surface area (Å²) in [7, 11) is 0. The minimum Gasteiger partial charge on any atom is -0.0616 e. The van der Waals surface area contributed by atoms with Gasteiger partial charge in [0.05, 0.1) is 0 Å². The highest BCUT2D eigenvalue weighted by Gasteiger charge is 2.11. The molecular weight excluding hydrogens is 384 g/mol. The number of benzene rings is 6. The fraction of sp³-hybridized carbons (Fsp3) is 0.0625. The van der Waals surface area contributed by atoms with Crippen LogP contribution in [0.4, 0.5) is 0 Å². The second-order valence-corrected chi connectivity index (χ2v) is 8.81. The normalized spacial score (nSPS) is 11.4. The summed E-state index contributed by atoms with van der Waals surface area (Å²) in [6, 6.07) is 40.2. The van der Waals surface area contributed by atoms with E-state index in [0.717, 1.165) is 0 Å². The number of hydrogen-bond donors (Lipinski definition) is 0. The van der Waals surface area contributed by atoms with Crippen LogP contribution in [0.25, 0.3) is 54.6 Å². The Morgan fingerprint density at radius 1 is 0.312 bits per heavy atom. The van der Waals surface area contributed by atoms with Gasteiger partial charge in [-0.3, -0.25) is 0 Å². The lowest BCUT2D eigenvalue weighted by molar-refractivity contribution is 1.47. The van der Waals surface area contributed by atoms with Crippen LogP contribution < -0.4 is 0 Å². The molecule has 0 aliphatic carbocycles. The van der Waals surface area contributed by atoms with Gasteiger partial charge in [0.15, 0.2) is 0 Å². The van der Waals surface area contributed by atoms with Crippen molar-refractivity contribution in [2.75, 3.05) is 0 Å². The summed E-state index contributed by atoms with van der Waals surface area (Å²) >= 11 is 0. The van der Waals surface area contributed by atoms with Gasteiger partial charge in [0.1, 0.15) is 0 Å². The Balaban J connectivity index is 1.71. The molecule has 0 heteroatoms. The average Bonchev–Trinajstić information content (AvgIpc) is 2.83. The van der Waals surface area contributed by atoms with Crippen molar-refractivity contribution in [3.05, 3.63) is 120 Å². The van der Waals surface area contributed by atoms with E-state index in [4.69, 9.17) is 0 Å². The average molecular weight is 409 g/mol. The first kappa shape index (κ1) is 18.8. The van der Waals surface area contributed by atoms with E-state index in [1.807, 2.05) is 0 Å². The van der Waals surface area contributed by atoms with Crippen molar-refractivity contribution in [1.29, 1.82) is 0 Å². The third kappa shape index (κ3) is 3.08. The molecule has 0 amide bonds. The SMILES string of the molecule is Cc1cccc(-c2ccc3c4ccccc4c4ccc(-c5cccc(C)c5)cc4c3c2)c1. The first-order valence-electron chi connectivity index (χ1n) is 11.2. The summed E-state index contributed by atoms with van der Waals surface area (Å²) in [6.45, 7) is 4.31. The molecule has 0 radical (unpaired) electrons. The number of fused-ring (bicyclic) bond motifs is 6. The quantitative estimate of drug-likeness (QED) is 0.251. The molecule has 152 valence electrons. The van der Waals surface area contributed by atoms with Gasteiger partial charge in [-0.05, 0) is 80.6 Å². The van der Waals surface area contributed by atoms with Gasteiger partial charge in [-0.25, -0.2) is 0 Å². The standard InChI is InChI=1S/C32H24/c1-21-7-5-9-23(17-21)25-13-15-29-27-11-3-4-12-28(27)30-16-14-26(20-32(30)31(29)19-25)24-10-6-8-22(2)18-24/h3-20H,1-2H3. The largest absolute Gasteiger partial charge is 0.0616 e. The van der Waals surface area contributed by atoms with Crippen molar-refractivity contribution in [1.82, 2.24) is 0 Å². The van der Waals surface area contributed by atoms with E-state index in [2.05, 4.69) is 123 Å². The lowest BCUT2D eigenvalue weighted by atomic mass is 9.90. The fourth-order valence-corrected chi connectivity index (χ4v) is 4.97. The van der Waals surface area contributed by atoms with E-state index in [9.17, 15) is 0 Å². The minimum atomic E-state index is 1.26. The summed E-state index contributed by atoms with van der Waals surface area (Å²) in [6.07, 6.45) is 0. The third-order valence-electron chi connectivity index (χ3n) is 6.54. The Kier molecular flexibility index (Phi) is 4.33. The molecule has 6 aromatic carbocycles. The first-order valence-corrected chi connectivity index (χ1v) is 11.2. The van der Waals surface area contributed by atoms with E-state index in [0.29, 0.717) is 0 Å². The Labute approximate surface area is 188 Å². The molecule has 0 saturated heterocycles. The van der Waals surface area contributed by atoms with Gasteiger partial charge in [-0.1, -0.05) is 108 Å². The molecule has 32 heavy (non-hydrogen) atoms. The van der Waals surface area contributed by atoms with Gasteiger partial charge in [0.25, 0.3) is 0 Å². The predicted molar refractivity (Wildman–Crippen MR) is 139 cm³/mol. The summed E-state index contributed by atoms with van der Waals surface area (Å²) in [4.78, 5) is 0. The van der Waals surface area contributed by atoms with Crippen molar-refractivity contribution >= 4 is 32.3 Å². The fourth-order valence-electron chi connectivity index (χ4n) is 4.97. The number of aryl methyl sites for hydroxylation is 2. The molecule has 0 unspecified atom stereocenters. The zero-order chi connectivity index (χ0) is 21.7. The highest BCUT2D eigenvalue weighted by molar-refractivity contribution is 6.26. The summed E-state index contributed by atoms with van der Waals surface area (Å²) < 4.78 is 0. The Morgan fingerprint density at radius 2 is 0.719 bits per heavy atom. The second-order valence-electron chi connectivity index (χ2n) is 8.81. The second kappa shape index (κ2) is 7.35. The van der Waals surface area contributed by atoms with Gasteiger partial charge in [0, 0.05) is 0 Å². The van der Waals surface area contributed by atoms with Crippen molar-refractivity contribution in [3.8, 4) is 22.3 Å². The van der Waals surface area contributed by atoms with Crippen molar-refractivity contribution in [2.24, 2.45) is 0 Å². The smallest absolute Gasteiger partial charge is 0.00926 e.